The lowest BCUT2D eigenvalue weighted by Crippen LogP contribution is -2.26. The van der Waals surface area contributed by atoms with E-state index in [9.17, 15) is 4.39 Å². The van der Waals surface area contributed by atoms with Crippen LogP contribution in [0.15, 0.2) is 42.5 Å². The Labute approximate surface area is 122 Å². The first-order valence-corrected chi connectivity index (χ1v) is 7.06. The molecule has 0 saturated carbocycles. The quantitative estimate of drug-likeness (QED) is 0.918. The van der Waals surface area contributed by atoms with E-state index in [1.807, 2.05) is 18.2 Å². The van der Waals surface area contributed by atoms with E-state index >= 15 is 0 Å². The van der Waals surface area contributed by atoms with Gasteiger partial charge in [-0.25, -0.2) is 14.4 Å². The van der Waals surface area contributed by atoms with E-state index in [1.165, 1.54) is 12.1 Å². The van der Waals surface area contributed by atoms with Crippen LogP contribution >= 0.6 is 0 Å². The molecule has 0 atom stereocenters. The lowest BCUT2D eigenvalue weighted by Gasteiger charge is -2.21. The van der Waals surface area contributed by atoms with Crippen LogP contribution < -0.4 is 5.32 Å². The molecule has 21 heavy (non-hydrogen) atoms. The minimum Gasteiger partial charge on any atom is -0.312 e. The number of benzene rings is 1. The van der Waals surface area contributed by atoms with Gasteiger partial charge in [-0.2, -0.15) is 0 Å². The van der Waals surface area contributed by atoms with Crippen LogP contribution in [0.4, 0.5) is 4.39 Å². The monoisotopic (exact) mass is 279 g/mol. The molecule has 0 bridgehead atoms. The second-order valence-corrected chi connectivity index (χ2v) is 5.24. The highest BCUT2D eigenvalue weighted by atomic mass is 19.1. The Bertz CT molecular complexity index is 760. The first-order chi connectivity index (χ1) is 10.3. The predicted molar refractivity (Wildman–Crippen MR) is 80.0 cm³/mol. The maximum Gasteiger partial charge on any atom is 0.160 e. The molecule has 1 aromatic heterocycles. The van der Waals surface area contributed by atoms with Gasteiger partial charge in [-0.05, 0) is 24.3 Å². The van der Waals surface area contributed by atoms with Gasteiger partial charge in [0.1, 0.15) is 5.82 Å². The van der Waals surface area contributed by atoms with Gasteiger partial charge in [0.05, 0.1) is 11.4 Å². The fraction of sp³-hybridized carbons (Fsp3) is 0.176. The van der Waals surface area contributed by atoms with Gasteiger partial charge >= 0.3 is 0 Å². The van der Waals surface area contributed by atoms with Gasteiger partial charge in [0.15, 0.2) is 5.82 Å². The van der Waals surface area contributed by atoms with Crippen molar-refractivity contribution in [2.24, 2.45) is 0 Å². The van der Waals surface area contributed by atoms with Crippen molar-refractivity contribution < 1.29 is 4.39 Å². The van der Waals surface area contributed by atoms with Gasteiger partial charge in [0.25, 0.3) is 0 Å². The van der Waals surface area contributed by atoms with E-state index in [2.05, 4.69) is 5.32 Å². The topological polar surface area (TPSA) is 37.8 Å². The molecule has 104 valence electrons. The number of halogens is 1. The molecule has 4 heteroatoms. The van der Waals surface area contributed by atoms with Crippen LogP contribution in [-0.4, -0.2) is 16.5 Å². The Morgan fingerprint density at radius 2 is 1.90 bits per heavy atom. The van der Waals surface area contributed by atoms with Crippen LogP contribution in [0.2, 0.25) is 0 Å². The summed E-state index contributed by atoms with van der Waals surface area (Å²) in [5, 5.41) is 3.36. The summed E-state index contributed by atoms with van der Waals surface area (Å²) in [7, 11) is 0. The van der Waals surface area contributed by atoms with Gasteiger partial charge in [0.2, 0.25) is 0 Å². The van der Waals surface area contributed by atoms with E-state index in [-0.39, 0.29) is 5.82 Å². The van der Waals surface area contributed by atoms with Crippen LogP contribution in [-0.2, 0) is 13.0 Å². The van der Waals surface area contributed by atoms with Crippen molar-refractivity contribution in [2.45, 2.75) is 13.0 Å². The average molecular weight is 279 g/mol. The zero-order valence-electron chi connectivity index (χ0n) is 11.4. The molecule has 0 spiro atoms. The molecule has 2 aromatic rings. The number of hydrogen-bond acceptors (Lipinski definition) is 3. The summed E-state index contributed by atoms with van der Waals surface area (Å²) >= 11 is 0. The molecule has 2 heterocycles. The Hall–Kier alpha value is -2.33. The summed E-state index contributed by atoms with van der Waals surface area (Å²) in [4.78, 5) is 9.41. The van der Waals surface area contributed by atoms with Crippen molar-refractivity contribution in [3.63, 3.8) is 0 Å². The summed E-state index contributed by atoms with van der Waals surface area (Å²) in [6, 6.07) is 6.51. The molecule has 0 amide bonds. The fourth-order valence-electron chi connectivity index (χ4n) is 2.66. The molecule has 0 fully saturated rings. The van der Waals surface area contributed by atoms with Crippen LogP contribution in [0.1, 0.15) is 17.1 Å². The molecule has 0 saturated heterocycles. The first kappa shape index (κ1) is 12.4. The molecule has 0 radical (unpaired) electrons. The smallest absolute Gasteiger partial charge is 0.160 e. The first-order valence-electron chi connectivity index (χ1n) is 7.06. The zero-order chi connectivity index (χ0) is 14.2. The van der Waals surface area contributed by atoms with Crippen molar-refractivity contribution in [2.75, 3.05) is 6.54 Å². The second-order valence-electron chi connectivity index (χ2n) is 5.24. The summed E-state index contributed by atoms with van der Waals surface area (Å²) in [5.74, 6) is 0.530. The maximum atomic E-state index is 13.1. The van der Waals surface area contributed by atoms with Crippen molar-refractivity contribution in [3.05, 3.63) is 65.4 Å². The Balaban J connectivity index is 1.89. The minimum absolute atomic E-state index is 0.232. The SMILES string of the molecule is Fc1ccc(-c2nc(C3=CC=C3)nc3c2CNCC3)cc1. The third-order valence-electron chi connectivity index (χ3n) is 3.86. The number of aromatic nitrogens is 2. The van der Waals surface area contributed by atoms with Crippen molar-refractivity contribution >= 4 is 5.57 Å². The van der Waals surface area contributed by atoms with Crippen LogP contribution in [0, 0.1) is 5.82 Å². The molecule has 3 nitrogen and oxygen atoms in total. The molecular formula is C17H14FN3. The molecule has 1 aliphatic carbocycles. The number of rotatable bonds is 2. The van der Waals surface area contributed by atoms with E-state index in [0.29, 0.717) is 0 Å². The van der Waals surface area contributed by atoms with Crippen LogP contribution in [0.25, 0.3) is 16.8 Å². The predicted octanol–water partition coefficient (Wildman–Crippen LogP) is 2.88. The van der Waals surface area contributed by atoms with Gasteiger partial charge in [-0.1, -0.05) is 18.2 Å². The highest BCUT2D eigenvalue weighted by molar-refractivity contribution is 5.79. The lowest BCUT2D eigenvalue weighted by atomic mass is 9.99. The van der Waals surface area contributed by atoms with Crippen molar-refractivity contribution in [3.8, 4) is 11.3 Å². The Morgan fingerprint density at radius 3 is 2.62 bits per heavy atom. The van der Waals surface area contributed by atoms with Gasteiger partial charge in [-0.3, -0.25) is 0 Å². The Morgan fingerprint density at radius 1 is 1.10 bits per heavy atom. The lowest BCUT2D eigenvalue weighted by molar-refractivity contribution is 0.625. The van der Waals surface area contributed by atoms with Crippen LogP contribution in [0.3, 0.4) is 0 Å². The molecule has 1 aromatic carbocycles. The van der Waals surface area contributed by atoms with Crippen LogP contribution in [0.5, 0.6) is 0 Å². The fourth-order valence-corrected chi connectivity index (χ4v) is 2.66. The van der Waals surface area contributed by atoms with Gasteiger partial charge < -0.3 is 5.32 Å². The van der Waals surface area contributed by atoms with Gasteiger partial charge in [0, 0.05) is 36.2 Å². The molecule has 2 aliphatic rings. The third kappa shape index (κ3) is 2.17. The molecule has 4 rings (SSSR count). The standard InChI is InChI=1S/C17H14FN3/c18-13-6-4-11(5-7-13)16-14-10-19-9-8-15(14)20-17(21-16)12-2-1-3-12/h1-7,19H,8-10H2. The minimum atomic E-state index is -0.232. The number of nitrogens with zero attached hydrogens (tertiary/aromatic N) is 2. The maximum absolute atomic E-state index is 13.1. The number of nitrogens with one attached hydrogen (secondary N) is 1. The molecule has 0 unspecified atom stereocenters. The van der Waals surface area contributed by atoms with E-state index in [0.717, 1.165) is 53.4 Å². The number of fused-ring (bicyclic) bond motifs is 1. The zero-order valence-corrected chi connectivity index (χ0v) is 11.4. The third-order valence-corrected chi connectivity index (χ3v) is 3.86. The highest BCUT2D eigenvalue weighted by Gasteiger charge is 2.20. The van der Waals surface area contributed by atoms with Crippen molar-refractivity contribution in [1.82, 2.24) is 15.3 Å². The summed E-state index contributed by atoms with van der Waals surface area (Å²) < 4.78 is 13.1. The molecular weight excluding hydrogens is 265 g/mol. The Kier molecular flexibility index (Phi) is 2.89. The number of hydrogen-bond donors (Lipinski definition) is 1. The summed E-state index contributed by atoms with van der Waals surface area (Å²) in [6.07, 6.45) is 6.90. The van der Waals surface area contributed by atoms with E-state index in [1.54, 1.807) is 12.1 Å². The normalized spacial score (nSPS) is 16.1. The van der Waals surface area contributed by atoms with Crippen molar-refractivity contribution in [1.29, 1.82) is 0 Å². The summed E-state index contributed by atoms with van der Waals surface area (Å²) in [6.45, 7) is 1.69. The average Bonchev–Trinajstić information content (AvgIpc) is 2.45. The van der Waals surface area contributed by atoms with E-state index in [4.69, 9.17) is 9.97 Å². The number of allylic oxidation sites excluding steroid dienone is 4. The second kappa shape index (κ2) is 4.90. The van der Waals surface area contributed by atoms with Gasteiger partial charge in [-0.15, -0.1) is 0 Å². The molecule has 1 N–H and O–H groups in total. The summed E-state index contributed by atoms with van der Waals surface area (Å²) in [5.41, 5.74) is 5.12. The highest BCUT2D eigenvalue weighted by Crippen LogP contribution is 2.29. The largest absolute Gasteiger partial charge is 0.312 e. The molecule has 1 aliphatic heterocycles. The van der Waals surface area contributed by atoms with E-state index < -0.39 is 0 Å².